The highest BCUT2D eigenvalue weighted by molar-refractivity contribution is 7.17. The van der Waals surface area contributed by atoms with Crippen LogP contribution in [-0.2, 0) is 0 Å². The van der Waals surface area contributed by atoms with E-state index in [1.807, 2.05) is 17.5 Å². The number of piperazine rings is 1. The van der Waals surface area contributed by atoms with E-state index in [4.69, 9.17) is 9.84 Å². The van der Waals surface area contributed by atoms with Gasteiger partial charge in [-0.3, -0.25) is 4.98 Å². The van der Waals surface area contributed by atoms with Crippen molar-refractivity contribution in [2.45, 2.75) is 12.5 Å². The first-order chi connectivity index (χ1) is 10.2. The molecule has 0 bridgehead atoms. The number of rotatable bonds is 4. The molecule has 3 heterocycles. The van der Waals surface area contributed by atoms with Crippen molar-refractivity contribution in [3.63, 3.8) is 0 Å². The fourth-order valence-corrected chi connectivity index (χ4v) is 3.28. The van der Waals surface area contributed by atoms with Crippen molar-refractivity contribution in [2.75, 3.05) is 26.2 Å². The third kappa shape index (κ3) is 3.25. The molecule has 1 saturated heterocycles. The quantitative estimate of drug-likeness (QED) is 0.904. The largest absolute Gasteiger partial charge is 0.492 e. The average molecular weight is 307 g/mol. The molecule has 3 rings (SSSR count). The normalized spacial score (nSPS) is 18.9. The summed E-state index contributed by atoms with van der Waals surface area (Å²) in [6.45, 7) is 2.32. The summed E-state index contributed by atoms with van der Waals surface area (Å²) in [5, 5.41) is 14.3. The molecular formula is C14H17N3O3S. The maximum atomic E-state index is 11.0. The van der Waals surface area contributed by atoms with E-state index < -0.39 is 6.09 Å². The summed E-state index contributed by atoms with van der Waals surface area (Å²) in [6.07, 6.45) is 1.67. The molecule has 2 N–H and O–H groups in total. The topological polar surface area (TPSA) is 74.7 Å². The standard InChI is InChI=1S/C14H17N3O3S/c18-14(19)17-6-5-15-10(9-17)2-7-20-12-1-4-16-11-3-8-21-13(11)12/h1,3-4,8,10,15H,2,5-7,9H2,(H,18,19)/t10-/m1/s1. The van der Waals surface area contributed by atoms with Gasteiger partial charge in [0.25, 0.3) is 0 Å². The second kappa shape index (κ2) is 6.28. The van der Waals surface area contributed by atoms with Gasteiger partial charge in [0.1, 0.15) is 5.75 Å². The van der Waals surface area contributed by atoms with E-state index in [1.54, 1.807) is 17.5 Å². The maximum Gasteiger partial charge on any atom is 0.407 e. The number of carbonyl (C=O) groups is 1. The van der Waals surface area contributed by atoms with Crippen LogP contribution in [0.15, 0.2) is 23.7 Å². The number of aromatic nitrogens is 1. The Kier molecular flexibility index (Phi) is 4.21. The minimum absolute atomic E-state index is 0.149. The van der Waals surface area contributed by atoms with Crippen LogP contribution in [0, 0.1) is 0 Å². The Balaban J connectivity index is 1.54. The molecule has 1 aliphatic rings. The fraction of sp³-hybridized carbons (Fsp3) is 0.429. The molecule has 2 aromatic heterocycles. The second-order valence-corrected chi connectivity index (χ2v) is 5.88. The summed E-state index contributed by atoms with van der Waals surface area (Å²) in [5.41, 5.74) is 0.949. The molecule has 21 heavy (non-hydrogen) atoms. The summed E-state index contributed by atoms with van der Waals surface area (Å²) in [6, 6.07) is 3.99. The Morgan fingerprint density at radius 2 is 2.48 bits per heavy atom. The molecule has 1 amide bonds. The predicted molar refractivity (Wildman–Crippen MR) is 81.1 cm³/mol. The summed E-state index contributed by atoms with van der Waals surface area (Å²) >= 11 is 1.62. The maximum absolute atomic E-state index is 11.0. The van der Waals surface area contributed by atoms with Crippen LogP contribution in [0.2, 0.25) is 0 Å². The van der Waals surface area contributed by atoms with Gasteiger partial charge in [-0.15, -0.1) is 11.3 Å². The van der Waals surface area contributed by atoms with E-state index >= 15 is 0 Å². The molecule has 1 atom stereocenters. The molecule has 0 unspecified atom stereocenters. The summed E-state index contributed by atoms with van der Waals surface area (Å²) in [4.78, 5) is 16.7. The first kappa shape index (κ1) is 14.1. The molecule has 7 heteroatoms. The van der Waals surface area contributed by atoms with Gasteiger partial charge in [-0.05, 0) is 23.9 Å². The van der Waals surface area contributed by atoms with Gasteiger partial charge in [0, 0.05) is 31.9 Å². The first-order valence-corrected chi connectivity index (χ1v) is 7.78. The van der Waals surface area contributed by atoms with Crippen LogP contribution in [0.1, 0.15) is 6.42 Å². The van der Waals surface area contributed by atoms with Gasteiger partial charge in [-0.25, -0.2) is 4.79 Å². The van der Waals surface area contributed by atoms with Crippen LogP contribution in [-0.4, -0.2) is 53.4 Å². The van der Waals surface area contributed by atoms with Crippen LogP contribution in [0.3, 0.4) is 0 Å². The Morgan fingerprint density at radius 3 is 3.33 bits per heavy atom. The fourth-order valence-electron chi connectivity index (χ4n) is 2.47. The number of nitrogens with one attached hydrogen (secondary N) is 1. The van der Waals surface area contributed by atoms with Crippen molar-refractivity contribution in [1.82, 2.24) is 15.2 Å². The molecule has 2 aromatic rings. The monoisotopic (exact) mass is 307 g/mol. The third-order valence-electron chi connectivity index (χ3n) is 3.56. The molecule has 0 spiro atoms. The molecule has 0 aliphatic carbocycles. The number of amides is 1. The van der Waals surface area contributed by atoms with E-state index in [-0.39, 0.29) is 6.04 Å². The molecule has 0 saturated carbocycles. The highest BCUT2D eigenvalue weighted by Gasteiger charge is 2.22. The lowest BCUT2D eigenvalue weighted by Gasteiger charge is -2.31. The number of carboxylic acid groups (broad SMARTS) is 1. The molecule has 1 aliphatic heterocycles. The van der Waals surface area contributed by atoms with E-state index in [1.165, 1.54) is 4.90 Å². The summed E-state index contributed by atoms with van der Waals surface area (Å²) in [5.74, 6) is 0.848. The molecule has 112 valence electrons. The lowest BCUT2D eigenvalue weighted by Crippen LogP contribution is -2.52. The smallest absolute Gasteiger partial charge is 0.407 e. The highest BCUT2D eigenvalue weighted by atomic mass is 32.1. The Labute approximate surface area is 126 Å². The van der Waals surface area contributed by atoms with Crippen LogP contribution in [0.4, 0.5) is 4.79 Å². The van der Waals surface area contributed by atoms with Crippen LogP contribution in [0.5, 0.6) is 5.75 Å². The molecule has 6 nitrogen and oxygen atoms in total. The lowest BCUT2D eigenvalue weighted by atomic mass is 10.1. The van der Waals surface area contributed by atoms with Crippen LogP contribution >= 0.6 is 11.3 Å². The predicted octanol–water partition coefficient (Wildman–Crippen LogP) is 2.02. The van der Waals surface area contributed by atoms with Gasteiger partial charge in [0.05, 0.1) is 16.8 Å². The van der Waals surface area contributed by atoms with E-state index in [9.17, 15) is 4.79 Å². The first-order valence-electron chi connectivity index (χ1n) is 6.90. The molecule has 0 aromatic carbocycles. The Bertz CT molecular complexity index is 631. The lowest BCUT2D eigenvalue weighted by molar-refractivity contribution is 0.124. The Hall–Kier alpha value is -1.86. The second-order valence-electron chi connectivity index (χ2n) is 4.96. The number of pyridine rings is 1. The van der Waals surface area contributed by atoms with Crippen LogP contribution < -0.4 is 10.1 Å². The number of nitrogens with zero attached hydrogens (tertiary/aromatic N) is 2. The van der Waals surface area contributed by atoms with Crippen molar-refractivity contribution in [3.8, 4) is 5.75 Å². The number of fused-ring (bicyclic) bond motifs is 1. The van der Waals surface area contributed by atoms with Gasteiger partial charge in [-0.1, -0.05) is 0 Å². The summed E-state index contributed by atoms with van der Waals surface area (Å²) in [7, 11) is 0. The van der Waals surface area contributed by atoms with Crippen LogP contribution in [0.25, 0.3) is 10.2 Å². The van der Waals surface area contributed by atoms with E-state index in [0.717, 1.165) is 22.4 Å². The van der Waals surface area contributed by atoms with Crippen molar-refractivity contribution in [3.05, 3.63) is 23.7 Å². The average Bonchev–Trinajstić information content (AvgIpc) is 2.97. The highest BCUT2D eigenvalue weighted by Crippen LogP contribution is 2.28. The van der Waals surface area contributed by atoms with E-state index in [0.29, 0.717) is 26.2 Å². The Morgan fingerprint density at radius 1 is 1.57 bits per heavy atom. The minimum Gasteiger partial charge on any atom is -0.492 e. The van der Waals surface area contributed by atoms with Gasteiger partial charge < -0.3 is 20.1 Å². The van der Waals surface area contributed by atoms with Crippen molar-refractivity contribution < 1.29 is 14.6 Å². The van der Waals surface area contributed by atoms with Crippen molar-refractivity contribution in [1.29, 1.82) is 0 Å². The van der Waals surface area contributed by atoms with Crippen molar-refractivity contribution >= 4 is 27.6 Å². The molecule has 0 radical (unpaired) electrons. The molecular weight excluding hydrogens is 290 g/mol. The zero-order valence-electron chi connectivity index (χ0n) is 11.5. The number of hydrogen-bond acceptors (Lipinski definition) is 5. The van der Waals surface area contributed by atoms with Crippen molar-refractivity contribution in [2.24, 2.45) is 0 Å². The number of hydrogen-bond donors (Lipinski definition) is 2. The van der Waals surface area contributed by atoms with Gasteiger partial charge in [-0.2, -0.15) is 0 Å². The summed E-state index contributed by atoms with van der Waals surface area (Å²) < 4.78 is 6.90. The minimum atomic E-state index is -0.850. The van der Waals surface area contributed by atoms with Gasteiger partial charge in [0.2, 0.25) is 0 Å². The zero-order chi connectivity index (χ0) is 14.7. The third-order valence-corrected chi connectivity index (χ3v) is 4.48. The van der Waals surface area contributed by atoms with Gasteiger partial charge >= 0.3 is 6.09 Å². The van der Waals surface area contributed by atoms with Gasteiger partial charge in [0.15, 0.2) is 0 Å². The number of ether oxygens (including phenoxy) is 1. The number of thiophene rings is 1. The van der Waals surface area contributed by atoms with E-state index in [2.05, 4.69) is 10.3 Å². The zero-order valence-corrected chi connectivity index (χ0v) is 12.3. The SMILES string of the molecule is O=C(O)N1CCN[C@H](CCOc2ccnc3ccsc23)C1. The molecule has 1 fully saturated rings.